The Balaban J connectivity index is 0. The lowest BCUT2D eigenvalue weighted by Crippen LogP contribution is -1.85. The first-order chi connectivity index (χ1) is 3.91. The highest BCUT2D eigenvalue weighted by Crippen LogP contribution is 1.96. The maximum atomic E-state index is 8.30. The summed E-state index contributed by atoms with van der Waals surface area (Å²) in [5.74, 6) is 0. The molecular weight excluding hydrogens is 135 g/mol. The zero-order valence-corrected chi connectivity index (χ0v) is 7.26. The molecule has 58 valence electrons. The largest absolute Gasteiger partial charge is 0.396 e. The number of hydrogen-bond donors (Lipinski definition) is 2. The normalized spacial score (nSPS) is 8.67. The van der Waals surface area contributed by atoms with E-state index in [9.17, 15) is 0 Å². The van der Waals surface area contributed by atoms with Gasteiger partial charge < -0.3 is 10.2 Å². The Bertz CT molecular complexity index is 36.0. The third-order valence-corrected chi connectivity index (χ3v) is 1.07. The maximum Gasteiger partial charge on any atom is 0.0431 e. The van der Waals surface area contributed by atoms with Gasteiger partial charge in [0.1, 0.15) is 0 Å². The average molecular weight is 152 g/mol. The molecular formula is C6H17O2P. The SMILES string of the molecule is OCCCCCCO.P. The van der Waals surface area contributed by atoms with Crippen LogP contribution in [0.5, 0.6) is 0 Å². The molecule has 0 heterocycles. The van der Waals surface area contributed by atoms with Crippen LogP contribution >= 0.6 is 9.90 Å². The van der Waals surface area contributed by atoms with E-state index in [0.717, 1.165) is 25.7 Å². The molecule has 0 rings (SSSR count). The lowest BCUT2D eigenvalue weighted by Gasteiger charge is -1.93. The van der Waals surface area contributed by atoms with E-state index in [4.69, 9.17) is 10.2 Å². The summed E-state index contributed by atoms with van der Waals surface area (Å²) in [6.45, 7) is 0.566. The van der Waals surface area contributed by atoms with E-state index in [1.807, 2.05) is 0 Å². The Morgan fingerprint density at radius 3 is 1.22 bits per heavy atom. The molecule has 0 aromatic heterocycles. The standard InChI is InChI=1S/C6H14O2.H3P/c7-5-3-1-2-4-6-8;/h7-8H,1-6H2;1H3. The van der Waals surface area contributed by atoms with Gasteiger partial charge >= 0.3 is 0 Å². The maximum absolute atomic E-state index is 8.30. The first-order valence-corrected chi connectivity index (χ1v) is 3.13. The number of aliphatic hydroxyl groups is 2. The molecule has 0 amide bonds. The van der Waals surface area contributed by atoms with E-state index in [1.165, 1.54) is 0 Å². The smallest absolute Gasteiger partial charge is 0.0431 e. The fourth-order valence-corrected chi connectivity index (χ4v) is 0.577. The number of hydrogen-bond acceptors (Lipinski definition) is 2. The molecule has 0 fully saturated rings. The summed E-state index contributed by atoms with van der Waals surface area (Å²) in [7, 11) is 0. The Hall–Kier alpha value is 0.350. The quantitative estimate of drug-likeness (QED) is 0.447. The molecule has 0 bridgehead atoms. The summed E-state index contributed by atoms with van der Waals surface area (Å²) in [5.41, 5.74) is 0. The monoisotopic (exact) mass is 152 g/mol. The Morgan fingerprint density at radius 1 is 0.667 bits per heavy atom. The van der Waals surface area contributed by atoms with Crippen LogP contribution < -0.4 is 0 Å². The van der Waals surface area contributed by atoms with Gasteiger partial charge in [-0.3, -0.25) is 0 Å². The van der Waals surface area contributed by atoms with Crippen molar-refractivity contribution in [2.24, 2.45) is 0 Å². The molecule has 0 radical (unpaired) electrons. The Kier molecular flexibility index (Phi) is 15.0. The van der Waals surface area contributed by atoms with Crippen LogP contribution in [0.4, 0.5) is 0 Å². The first kappa shape index (κ1) is 12.1. The van der Waals surface area contributed by atoms with Crippen molar-refractivity contribution in [1.82, 2.24) is 0 Å². The minimum atomic E-state index is 0. The van der Waals surface area contributed by atoms with Crippen LogP contribution in [-0.2, 0) is 0 Å². The van der Waals surface area contributed by atoms with Gasteiger partial charge in [0.05, 0.1) is 0 Å². The molecule has 2 N–H and O–H groups in total. The molecule has 1 atom stereocenters. The zero-order chi connectivity index (χ0) is 6.24. The molecule has 0 aliphatic heterocycles. The summed E-state index contributed by atoms with van der Waals surface area (Å²) >= 11 is 0. The minimum absolute atomic E-state index is 0. The van der Waals surface area contributed by atoms with Crippen molar-refractivity contribution >= 4 is 9.90 Å². The lowest BCUT2D eigenvalue weighted by molar-refractivity contribution is 0.265. The van der Waals surface area contributed by atoms with Gasteiger partial charge in [-0.2, -0.15) is 9.90 Å². The van der Waals surface area contributed by atoms with Gasteiger partial charge in [0.25, 0.3) is 0 Å². The molecule has 9 heavy (non-hydrogen) atoms. The topological polar surface area (TPSA) is 40.5 Å². The van der Waals surface area contributed by atoms with Crippen LogP contribution in [0.3, 0.4) is 0 Å². The van der Waals surface area contributed by atoms with Gasteiger partial charge in [-0.05, 0) is 12.8 Å². The first-order valence-electron chi connectivity index (χ1n) is 3.13. The van der Waals surface area contributed by atoms with E-state index in [-0.39, 0.29) is 23.1 Å². The molecule has 0 spiro atoms. The molecule has 0 saturated heterocycles. The Morgan fingerprint density at radius 2 is 1.00 bits per heavy atom. The molecule has 1 unspecified atom stereocenters. The lowest BCUT2D eigenvalue weighted by atomic mass is 10.2. The van der Waals surface area contributed by atoms with Gasteiger partial charge in [0.2, 0.25) is 0 Å². The van der Waals surface area contributed by atoms with Gasteiger partial charge in [0, 0.05) is 13.2 Å². The van der Waals surface area contributed by atoms with E-state index in [0.29, 0.717) is 0 Å². The minimum Gasteiger partial charge on any atom is -0.396 e. The van der Waals surface area contributed by atoms with Crippen molar-refractivity contribution in [1.29, 1.82) is 0 Å². The predicted octanol–water partition coefficient (Wildman–Crippen LogP) is 0.589. The predicted molar refractivity (Wildman–Crippen MR) is 43.7 cm³/mol. The van der Waals surface area contributed by atoms with E-state index in [2.05, 4.69) is 0 Å². The summed E-state index contributed by atoms with van der Waals surface area (Å²) in [6.07, 6.45) is 3.83. The summed E-state index contributed by atoms with van der Waals surface area (Å²) < 4.78 is 0. The number of rotatable bonds is 5. The van der Waals surface area contributed by atoms with Crippen LogP contribution in [-0.4, -0.2) is 23.4 Å². The van der Waals surface area contributed by atoms with Gasteiger partial charge in [-0.1, -0.05) is 12.8 Å². The van der Waals surface area contributed by atoms with Gasteiger partial charge in [-0.15, -0.1) is 0 Å². The molecule has 0 aromatic carbocycles. The third kappa shape index (κ3) is 11.8. The number of aliphatic hydroxyl groups excluding tert-OH is 2. The van der Waals surface area contributed by atoms with Crippen LogP contribution in [0, 0.1) is 0 Å². The van der Waals surface area contributed by atoms with Crippen molar-refractivity contribution in [3.63, 3.8) is 0 Å². The van der Waals surface area contributed by atoms with Crippen molar-refractivity contribution in [2.75, 3.05) is 13.2 Å². The fourth-order valence-electron chi connectivity index (χ4n) is 0.577. The highest BCUT2D eigenvalue weighted by atomic mass is 31.0. The van der Waals surface area contributed by atoms with Crippen molar-refractivity contribution in [3.05, 3.63) is 0 Å². The number of unbranched alkanes of at least 4 members (excludes halogenated alkanes) is 3. The second-order valence-electron chi connectivity index (χ2n) is 1.86. The van der Waals surface area contributed by atoms with E-state index >= 15 is 0 Å². The molecule has 3 heteroatoms. The van der Waals surface area contributed by atoms with Gasteiger partial charge in [0.15, 0.2) is 0 Å². The van der Waals surface area contributed by atoms with Crippen LogP contribution in [0.25, 0.3) is 0 Å². The second-order valence-corrected chi connectivity index (χ2v) is 1.86. The molecule has 0 aromatic rings. The van der Waals surface area contributed by atoms with Crippen LogP contribution in [0.1, 0.15) is 25.7 Å². The van der Waals surface area contributed by atoms with Crippen LogP contribution in [0.2, 0.25) is 0 Å². The molecule has 0 saturated carbocycles. The zero-order valence-electron chi connectivity index (χ0n) is 5.84. The fraction of sp³-hybridized carbons (Fsp3) is 1.00. The third-order valence-electron chi connectivity index (χ3n) is 1.07. The summed E-state index contributed by atoms with van der Waals surface area (Å²) in [4.78, 5) is 0. The Labute approximate surface area is 59.9 Å². The average Bonchev–Trinajstić information content (AvgIpc) is 1.81. The molecule has 0 aliphatic rings. The second kappa shape index (κ2) is 11.2. The molecule has 0 aliphatic carbocycles. The van der Waals surface area contributed by atoms with Gasteiger partial charge in [-0.25, -0.2) is 0 Å². The van der Waals surface area contributed by atoms with Crippen LogP contribution in [0.15, 0.2) is 0 Å². The van der Waals surface area contributed by atoms with Crippen molar-refractivity contribution in [2.45, 2.75) is 25.7 Å². The molecule has 2 nitrogen and oxygen atoms in total. The van der Waals surface area contributed by atoms with E-state index < -0.39 is 0 Å². The van der Waals surface area contributed by atoms with E-state index in [1.54, 1.807) is 0 Å². The van der Waals surface area contributed by atoms with Crippen molar-refractivity contribution in [3.8, 4) is 0 Å². The summed E-state index contributed by atoms with van der Waals surface area (Å²) in [6, 6.07) is 0. The summed E-state index contributed by atoms with van der Waals surface area (Å²) in [5, 5.41) is 16.6. The van der Waals surface area contributed by atoms with Crippen molar-refractivity contribution < 1.29 is 10.2 Å². The highest BCUT2D eigenvalue weighted by Gasteiger charge is 1.84. The highest BCUT2D eigenvalue weighted by molar-refractivity contribution is 6.92.